The standard InChI is InChI=1S/C14H23NO/c1-5-11(3)15(4)13-10-8-7-9-12(13)14(16)6-2/h7-11,14,16H,5-6H2,1-4H3. The van der Waals surface area contributed by atoms with Crippen LogP contribution in [0.25, 0.3) is 0 Å². The van der Waals surface area contributed by atoms with Crippen LogP contribution in [0.5, 0.6) is 0 Å². The molecule has 1 aromatic carbocycles. The van der Waals surface area contributed by atoms with Gasteiger partial charge in [-0.15, -0.1) is 0 Å². The lowest BCUT2D eigenvalue weighted by Gasteiger charge is -2.29. The molecule has 2 unspecified atom stereocenters. The Labute approximate surface area is 98.9 Å². The molecule has 2 nitrogen and oxygen atoms in total. The third kappa shape index (κ3) is 2.76. The average Bonchev–Trinajstić information content (AvgIpc) is 2.35. The Morgan fingerprint density at radius 3 is 2.38 bits per heavy atom. The highest BCUT2D eigenvalue weighted by Crippen LogP contribution is 2.28. The summed E-state index contributed by atoms with van der Waals surface area (Å²) in [6.45, 7) is 6.39. The van der Waals surface area contributed by atoms with Gasteiger partial charge in [0, 0.05) is 24.3 Å². The topological polar surface area (TPSA) is 23.5 Å². The minimum absolute atomic E-state index is 0.359. The molecule has 0 amide bonds. The van der Waals surface area contributed by atoms with Crippen molar-refractivity contribution in [3.05, 3.63) is 29.8 Å². The summed E-state index contributed by atoms with van der Waals surface area (Å²) in [5, 5.41) is 9.99. The van der Waals surface area contributed by atoms with Gasteiger partial charge in [-0.2, -0.15) is 0 Å². The van der Waals surface area contributed by atoms with Crippen molar-refractivity contribution in [2.24, 2.45) is 0 Å². The smallest absolute Gasteiger partial charge is 0.0807 e. The van der Waals surface area contributed by atoms with Crippen LogP contribution in [0, 0.1) is 0 Å². The first-order valence-electron chi connectivity index (χ1n) is 6.11. The molecule has 0 aliphatic carbocycles. The molecule has 0 saturated carbocycles. The van der Waals surface area contributed by atoms with Crippen LogP contribution in [0.3, 0.4) is 0 Å². The van der Waals surface area contributed by atoms with E-state index in [1.807, 2.05) is 25.1 Å². The average molecular weight is 221 g/mol. The van der Waals surface area contributed by atoms with E-state index in [1.165, 1.54) is 0 Å². The maximum Gasteiger partial charge on any atom is 0.0807 e. The summed E-state index contributed by atoms with van der Waals surface area (Å²) in [5.74, 6) is 0. The van der Waals surface area contributed by atoms with E-state index in [9.17, 15) is 5.11 Å². The van der Waals surface area contributed by atoms with Crippen molar-refractivity contribution in [1.29, 1.82) is 0 Å². The fraction of sp³-hybridized carbons (Fsp3) is 0.571. The Balaban J connectivity index is 3.03. The van der Waals surface area contributed by atoms with E-state index in [1.54, 1.807) is 0 Å². The lowest BCUT2D eigenvalue weighted by Crippen LogP contribution is -2.29. The van der Waals surface area contributed by atoms with E-state index in [4.69, 9.17) is 0 Å². The summed E-state index contributed by atoms with van der Waals surface area (Å²) in [7, 11) is 2.09. The molecule has 0 radical (unpaired) electrons. The highest BCUT2D eigenvalue weighted by Gasteiger charge is 2.15. The fourth-order valence-corrected chi connectivity index (χ4v) is 1.82. The zero-order chi connectivity index (χ0) is 12.1. The number of anilines is 1. The summed E-state index contributed by atoms with van der Waals surface area (Å²) in [4.78, 5) is 2.24. The van der Waals surface area contributed by atoms with Crippen LogP contribution in [0.2, 0.25) is 0 Å². The number of rotatable bonds is 5. The molecule has 0 aromatic heterocycles. The van der Waals surface area contributed by atoms with Crippen LogP contribution in [-0.2, 0) is 0 Å². The highest BCUT2D eigenvalue weighted by atomic mass is 16.3. The van der Waals surface area contributed by atoms with Gasteiger partial charge in [-0.05, 0) is 25.8 Å². The van der Waals surface area contributed by atoms with Crippen LogP contribution in [0.4, 0.5) is 5.69 Å². The van der Waals surface area contributed by atoms with E-state index in [0.717, 1.165) is 24.1 Å². The molecule has 0 spiro atoms. The third-order valence-electron chi connectivity index (χ3n) is 3.31. The summed E-state index contributed by atoms with van der Waals surface area (Å²) >= 11 is 0. The lowest BCUT2D eigenvalue weighted by atomic mass is 10.0. The predicted molar refractivity (Wildman–Crippen MR) is 69.8 cm³/mol. The van der Waals surface area contributed by atoms with E-state index in [-0.39, 0.29) is 6.10 Å². The van der Waals surface area contributed by atoms with Crippen molar-refractivity contribution in [3.63, 3.8) is 0 Å². The maximum absolute atomic E-state index is 9.99. The van der Waals surface area contributed by atoms with Crippen molar-refractivity contribution >= 4 is 5.69 Å². The number of nitrogens with zero attached hydrogens (tertiary/aromatic N) is 1. The summed E-state index contributed by atoms with van der Waals surface area (Å²) in [5.41, 5.74) is 2.18. The number of hydrogen-bond donors (Lipinski definition) is 1. The molecule has 90 valence electrons. The van der Waals surface area contributed by atoms with Crippen molar-refractivity contribution in [2.75, 3.05) is 11.9 Å². The molecule has 0 fully saturated rings. The molecule has 1 rings (SSSR count). The summed E-state index contributed by atoms with van der Waals surface area (Å²) in [6.07, 6.45) is 1.50. The quantitative estimate of drug-likeness (QED) is 0.824. The molecule has 16 heavy (non-hydrogen) atoms. The molecule has 0 aliphatic heterocycles. The van der Waals surface area contributed by atoms with Gasteiger partial charge in [0.2, 0.25) is 0 Å². The molecule has 0 heterocycles. The first-order chi connectivity index (χ1) is 7.61. The maximum atomic E-state index is 9.99. The van der Waals surface area contributed by atoms with E-state index >= 15 is 0 Å². The second-order valence-electron chi connectivity index (χ2n) is 4.35. The van der Waals surface area contributed by atoms with Crippen LogP contribution < -0.4 is 4.90 Å². The minimum atomic E-state index is -0.359. The Morgan fingerprint density at radius 2 is 1.81 bits per heavy atom. The molecule has 1 aromatic rings. The van der Waals surface area contributed by atoms with Crippen molar-refractivity contribution < 1.29 is 5.11 Å². The van der Waals surface area contributed by atoms with Crippen LogP contribution in [0.15, 0.2) is 24.3 Å². The fourth-order valence-electron chi connectivity index (χ4n) is 1.82. The van der Waals surface area contributed by atoms with Crippen molar-refractivity contribution in [1.82, 2.24) is 0 Å². The Hall–Kier alpha value is -1.02. The first-order valence-corrected chi connectivity index (χ1v) is 6.11. The number of benzene rings is 1. The second kappa shape index (κ2) is 5.90. The van der Waals surface area contributed by atoms with Crippen LogP contribution in [0.1, 0.15) is 45.3 Å². The van der Waals surface area contributed by atoms with Gasteiger partial charge in [-0.3, -0.25) is 0 Å². The first kappa shape index (κ1) is 13.0. The largest absolute Gasteiger partial charge is 0.388 e. The van der Waals surface area contributed by atoms with Crippen molar-refractivity contribution in [3.8, 4) is 0 Å². The van der Waals surface area contributed by atoms with Gasteiger partial charge in [-0.25, -0.2) is 0 Å². The molecule has 0 saturated heterocycles. The van der Waals surface area contributed by atoms with Gasteiger partial charge in [0.25, 0.3) is 0 Å². The molecule has 0 bridgehead atoms. The third-order valence-corrected chi connectivity index (χ3v) is 3.31. The van der Waals surface area contributed by atoms with Crippen LogP contribution in [-0.4, -0.2) is 18.2 Å². The molecular formula is C14H23NO. The molecule has 2 heteroatoms. The summed E-state index contributed by atoms with van der Waals surface area (Å²) in [6, 6.07) is 8.61. The van der Waals surface area contributed by atoms with Gasteiger partial charge in [0.1, 0.15) is 0 Å². The van der Waals surface area contributed by atoms with E-state index in [2.05, 4.69) is 31.9 Å². The Bertz CT molecular complexity index is 324. The van der Waals surface area contributed by atoms with Crippen LogP contribution >= 0.6 is 0 Å². The van der Waals surface area contributed by atoms with E-state index < -0.39 is 0 Å². The van der Waals surface area contributed by atoms with Crippen molar-refractivity contribution in [2.45, 2.75) is 45.8 Å². The Morgan fingerprint density at radius 1 is 1.19 bits per heavy atom. The molecular weight excluding hydrogens is 198 g/mol. The normalized spacial score (nSPS) is 14.6. The predicted octanol–water partition coefficient (Wildman–Crippen LogP) is 3.36. The number of aliphatic hydroxyl groups is 1. The monoisotopic (exact) mass is 221 g/mol. The highest BCUT2D eigenvalue weighted by molar-refractivity contribution is 5.54. The van der Waals surface area contributed by atoms with Gasteiger partial charge >= 0.3 is 0 Å². The SMILES string of the molecule is CCC(O)c1ccccc1N(C)C(C)CC. The Kier molecular flexibility index (Phi) is 4.81. The zero-order valence-corrected chi connectivity index (χ0v) is 10.8. The second-order valence-corrected chi connectivity index (χ2v) is 4.35. The number of aliphatic hydroxyl groups excluding tert-OH is 1. The van der Waals surface area contributed by atoms with Gasteiger partial charge in [0.15, 0.2) is 0 Å². The zero-order valence-electron chi connectivity index (χ0n) is 10.8. The van der Waals surface area contributed by atoms with Gasteiger partial charge < -0.3 is 10.0 Å². The number of para-hydroxylation sites is 1. The number of hydrogen-bond acceptors (Lipinski definition) is 2. The molecule has 2 atom stereocenters. The van der Waals surface area contributed by atoms with E-state index in [0.29, 0.717) is 6.04 Å². The van der Waals surface area contributed by atoms with Gasteiger partial charge in [0.05, 0.1) is 6.10 Å². The minimum Gasteiger partial charge on any atom is -0.388 e. The van der Waals surface area contributed by atoms with Gasteiger partial charge in [-0.1, -0.05) is 32.0 Å². The lowest BCUT2D eigenvalue weighted by molar-refractivity contribution is 0.174. The molecule has 1 N–H and O–H groups in total. The molecule has 0 aliphatic rings. The summed E-state index contributed by atoms with van der Waals surface area (Å²) < 4.78 is 0.